The molecule has 0 radical (unpaired) electrons. The largest absolute Gasteiger partial charge is 0.364 e. The minimum atomic E-state index is 0.480. The van der Waals surface area contributed by atoms with Crippen LogP contribution in [0.15, 0.2) is 10.8 Å². The normalized spacial score (nSPS) is 10.8. The molecule has 1 heterocycles. The van der Waals surface area contributed by atoms with E-state index in [4.69, 9.17) is 4.52 Å². The molecule has 0 atom stereocenters. The first kappa shape index (κ1) is 7.32. The van der Waals surface area contributed by atoms with Crippen LogP contribution < -0.4 is 0 Å². The fraction of sp³-hybridized carbons (Fsp3) is 0.625. The number of rotatable bonds is 2. The van der Waals surface area contributed by atoms with Crippen molar-refractivity contribution in [2.24, 2.45) is 0 Å². The zero-order chi connectivity index (χ0) is 7.56. The molecule has 0 fully saturated rings. The van der Waals surface area contributed by atoms with Gasteiger partial charge in [-0.25, -0.2) is 0 Å². The van der Waals surface area contributed by atoms with Crippen LogP contribution in [0.2, 0.25) is 0 Å². The van der Waals surface area contributed by atoms with E-state index in [2.05, 4.69) is 25.9 Å². The molecule has 1 aromatic rings. The quantitative estimate of drug-likeness (QED) is 0.628. The number of hydrogen-bond donors (Lipinski definition) is 0. The Kier molecular flexibility index (Phi) is 2.10. The van der Waals surface area contributed by atoms with E-state index in [1.54, 1.807) is 6.26 Å². The smallest absolute Gasteiger partial charge is 0.127 e. The monoisotopic (exact) mass is 139 g/mol. The summed E-state index contributed by atoms with van der Waals surface area (Å²) in [5.74, 6) is 0.480. The van der Waals surface area contributed by atoms with Gasteiger partial charge in [-0.2, -0.15) is 0 Å². The Morgan fingerprint density at radius 2 is 2.30 bits per heavy atom. The molecule has 0 aromatic carbocycles. The number of hydrogen-bond acceptors (Lipinski definition) is 2. The van der Waals surface area contributed by atoms with Crippen LogP contribution in [0.3, 0.4) is 0 Å². The van der Waals surface area contributed by atoms with E-state index in [-0.39, 0.29) is 0 Å². The highest BCUT2D eigenvalue weighted by Gasteiger charge is 2.08. The minimum absolute atomic E-state index is 0.480. The molecule has 2 nitrogen and oxygen atoms in total. The Labute approximate surface area is 61.2 Å². The molecular formula is C8H13NO. The van der Waals surface area contributed by atoms with Gasteiger partial charge in [-0.05, 0) is 12.3 Å². The summed E-state index contributed by atoms with van der Waals surface area (Å²) in [5.41, 5.74) is 2.33. The first-order valence-electron chi connectivity index (χ1n) is 3.68. The fourth-order valence-electron chi connectivity index (χ4n) is 1.01. The molecule has 0 N–H and O–H groups in total. The lowest BCUT2D eigenvalue weighted by Gasteiger charge is -1.99. The predicted molar refractivity (Wildman–Crippen MR) is 40.0 cm³/mol. The van der Waals surface area contributed by atoms with Gasteiger partial charge >= 0.3 is 0 Å². The van der Waals surface area contributed by atoms with E-state index < -0.39 is 0 Å². The third-order valence-electron chi connectivity index (χ3n) is 1.60. The zero-order valence-corrected chi connectivity index (χ0v) is 6.72. The maximum Gasteiger partial charge on any atom is 0.127 e. The SMILES string of the molecule is CCc1conc1C(C)C. The van der Waals surface area contributed by atoms with Crippen molar-refractivity contribution in [2.75, 3.05) is 0 Å². The first-order valence-corrected chi connectivity index (χ1v) is 3.68. The van der Waals surface area contributed by atoms with Crippen molar-refractivity contribution >= 4 is 0 Å². The zero-order valence-electron chi connectivity index (χ0n) is 6.72. The third-order valence-corrected chi connectivity index (χ3v) is 1.60. The van der Waals surface area contributed by atoms with Crippen LogP contribution in [0.1, 0.15) is 37.9 Å². The Morgan fingerprint density at radius 3 is 2.70 bits per heavy atom. The van der Waals surface area contributed by atoms with Gasteiger partial charge in [-0.3, -0.25) is 0 Å². The Morgan fingerprint density at radius 1 is 1.60 bits per heavy atom. The Hall–Kier alpha value is -0.790. The number of aryl methyl sites for hydroxylation is 1. The maximum absolute atomic E-state index is 4.85. The molecule has 0 aliphatic carbocycles. The topological polar surface area (TPSA) is 26.0 Å². The van der Waals surface area contributed by atoms with Crippen LogP contribution in [-0.2, 0) is 6.42 Å². The van der Waals surface area contributed by atoms with Crippen LogP contribution in [0, 0.1) is 0 Å². The second-order valence-electron chi connectivity index (χ2n) is 2.73. The Bertz CT molecular complexity index is 203. The summed E-state index contributed by atoms with van der Waals surface area (Å²) in [5, 5.41) is 3.91. The summed E-state index contributed by atoms with van der Waals surface area (Å²) < 4.78 is 4.85. The molecule has 0 unspecified atom stereocenters. The predicted octanol–water partition coefficient (Wildman–Crippen LogP) is 2.36. The molecule has 0 aliphatic heterocycles. The molecule has 0 bridgehead atoms. The van der Waals surface area contributed by atoms with Crippen LogP contribution in [-0.4, -0.2) is 5.16 Å². The molecule has 0 amide bonds. The van der Waals surface area contributed by atoms with Crippen molar-refractivity contribution in [2.45, 2.75) is 33.1 Å². The van der Waals surface area contributed by atoms with Gasteiger partial charge in [0, 0.05) is 5.56 Å². The first-order chi connectivity index (χ1) is 4.75. The maximum atomic E-state index is 4.85. The van der Waals surface area contributed by atoms with Crippen molar-refractivity contribution in [1.29, 1.82) is 0 Å². The van der Waals surface area contributed by atoms with E-state index in [1.165, 1.54) is 5.56 Å². The molecule has 1 rings (SSSR count). The third kappa shape index (κ3) is 1.20. The van der Waals surface area contributed by atoms with E-state index in [9.17, 15) is 0 Å². The van der Waals surface area contributed by atoms with Crippen molar-refractivity contribution in [3.63, 3.8) is 0 Å². The van der Waals surface area contributed by atoms with Gasteiger partial charge in [0.05, 0.1) is 5.69 Å². The molecule has 0 aliphatic rings. The van der Waals surface area contributed by atoms with E-state index in [1.807, 2.05) is 0 Å². The lowest BCUT2D eigenvalue weighted by Crippen LogP contribution is -1.91. The highest BCUT2D eigenvalue weighted by Crippen LogP contribution is 2.17. The van der Waals surface area contributed by atoms with Crippen LogP contribution >= 0.6 is 0 Å². The number of nitrogens with zero attached hydrogens (tertiary/aromatic N) is 1. The fourth-order valence-corrected chi connectivity index (χ4v) is 1.01. The minimum Gasteiger partial charge on any atom is -0.364 e. The molecule has 0 saturated heterocycles. The van der Waals surface area contributed by atoms with Crippen LogP contribution in [0.25, 0.3) is 0 Å². The van der Waals surface area contributed by atoms with Crippen molar-refractivity contribution < 1.29 is 4.52 Å². The molecule has 2 heteroatoms. The second kappa shape index (κ2) is 2.86. The second-order valence-corrected chi connectivity index (χ2v) is 2.73. The lowest BCUT2D eigenvalue weighted by atomic mass is 10.1. The molecule has 56 valence electrons. The van der Waals surface area contributed by atoms with Crippen molar-refractivity contribution in [3.05, 3.63) is 17.5 Å². The van der Waals surface area contributed by atoms with E-state index >= 15 is 0 Å². The highest BCUT2D eigenvalue weighted by molar-refractivity contribution is 5.17. The molecule has 0 saturated carbocycles. The van der Waals surface area contributed by atoms with Crippen LogP contribution in [0.5, 0.6) is 0 Å². The summed E-state index contributed by atoms with van der Waals surface area (Å²) in [4.78, 5) is 0. The van der Waals surface area contributed by atoms with Crippen molar-refractivity contribution in [1.82, 2.24) is 5.16 Å². The van der Waals surface area contributed by atoms with Gasteiger partial charge in [0.1, 0.15) is 6.26 Å². The summed E-state index contributed by atoms with van der Waals surface area (Å²) in [7, 11) is 0. The summed E-state index contributed by atoms with van der Waals surface area (Å²) in [6.07, 6.45) is 2.74. The summed E-state index contributed by atoms with van der Waals surface area (Å²) in [6, 6.07) is 0. The highest BCUT2D eigenvalue weighted by atomic mass is 16.5. The molecular weight excluding hydrogens is 126 g/mol. The van der Waals surface area contributed by atoms with E-state index in [0.29, 0.717) is 5.92 Å². The van der Waals surface area contributed by atoms with E-state index in [0.717, 1.165) is 12.1 Å². The van der Waals surface area contributed by atoms with Gasteiger partial charge in [0.25, 0.3) is 0 Å². The average molecular weight is 139 g/mol. The van der Waals surface area contributed by atoms with Gasteiger partial charge in [0.2, 0.25) is 0 Å². The lowest BCUT2D eigenvalue weighted by molar-refractivity contribution is 0.408. The molecule has 10 heavy (non-hydrogen) atoms. The summed E-state index contributed by atoms with van der Waals surface area (Å²) in [6.45, 7) is 6.35. The van der Waals surface area contributed by atoms with Crippen LogP contribution in [0.4, 0.5) is 0 Å². The molecule has 0 spiro atoms. The van der Waals surface area contributed by atoms with Crippen molar-refractivity contribution in [3.8, 4) is 0 Å². The number of aromatic nitrogens is 1. The van der Waals surface area contributed by atoms with Gasteiger partial charge < -0.3 is 4.52 Å². The van der Waals surface area contributed by atoms with Gasteiger partial charge in [-0.1, -0.05) is 25.9 Å². The standard InChI is InChI=1S/C8H13NO/c1-4-7-5-10-9-8(7)6(2)3/h5-6H,4H2,1-3H3. The summed E-state index contributed by atoms with van der Waals surface area (Å²) >= 11 is 0. The molecule has 1 aromatic heterocycles. The van der Waals surface area contributed by atoms with Gasteiger partial charge in [-0.15, -0.1) is 0 Å². The van der Waals surface area contributed by atoms with Gasteiger partial charge in [0.15, 0.2) is 0 Å². The Balaban J connectivity index is 2.90. The average Bonchev–Trinajstić information content (AvgIpc) is 2.33.